The molecule has 0 radical (unpaired) electrons. The van der Waals surface area contributed by atoms with Crippen molar-refractivity contribution in [1.29, 1.82) is 0 Å². The van der Waals surface area contributed by atoms with E-state index >= 15 is 0 Å². The Labute approximate surface area is 125 Å². The molecule has 1 aromatic heterocycles. The molecule has 3 nitrogen and oxygen atoms in total. The van der Waals surface area contributed by atoms with Crippen LogP contribution in [0.3, 0.4) is 0 Å². The number of aromatic nitrogens is 2. The molecule has 5 heteroatoms. The SMILES string of the molecule is CCNC(Cc1ccn(C)n1)C1CSC(C)C(C)S1. The van der Waals surface area contributed by atoms with Gasteiger partial charge < -0.3 is 5.32 Å². The van der Waals surface area contributed by atoms with Gasteiger partial charge in [0.05, 0.1) is 5.69 Å². The predicted molar refractivity (Wildman–Crippen MR) is 87.1 cm³/mol. The fourth-order valence-corrected chi connectivity index (χ4v) is 5.54. The summed E-state index contributed by atoms with van der Waals surface area (Å²) >= 11 is 4.27. The molecular weight excluding hydrogens is 274 g/mol. The van der Waals surface area contributed by atoms with Gasteiger partial charge in [-0.2, -0.15) is 28.6 Å². The average molecular weight is 300 g/mol. The summed E-state index contributed by atoms with van der Waals surface area (Å²) in [4.78, 5) is 0. The monoisotopic (exact) mass is 299 g/mol. The summed E-state index contributed by atoms with van der Waals surface area (Å²) in [6.45, 7) is 7.93. The van der Waals surface area contributed by atoms with E-state index in [0.29, 0.717) is 11.3 Å². The van der Waals surface area contributed by atoms with Gasteiger partial charge in [-0.3, -0.25) is 4.68 Å². The maximum absolute atomic E-state index is 4.52. The zero-order valence-electron chi connectivity index (χ0n) is 12.3. The molecule has 1 aromatic rings. The minimum atomic E-state index is 0.535. The summed E-state index contributed by atoms with van der Waals surface area (Å²) in [5, 5.41) is 10.4. The van der Waals surface area contributed by atoms with Gasteiger partial charge in [0, 0.05) is 47.2 Å². The summed E-state index contributed by atoms with van der Waals surface area (Å²) in [6.07, 6.45) is 3.07. The van der Waals surface area contributed by atoms with Crippen molar-refractivity contribution in [3.8, 4) is 0 Å². The van der Waals surface area contributed by atoms with Crippen LogP contribution in [0.25, 0.3) is 0 Å². The second kappa shape index (κ2) is 7.04. The van der Waals surface area contributed by atoms with Crippen LogP contribution in [0.4, 0.5) is 0 Å². The van der Waals surface area contributed by atoms with Gasteiger partial charge in [0.2, 0.25) is 0 Å². The fraction of sp³-hybridized carbons (Fsp3) is 0.786. The average Bonchev–Trinajstić information content (AvgIpc) is 2.78. The molecular formula is C14H25N3S2. The molecule has 2 rings (SSSR count). The lowest BCUT2D eigenvalue weighted by Gasteiger charge is -2.36. The summed E-state index contributed by atoms with van der Waals surface area (Å²) < 4.78 is 1.89. The van der Waals surface area contributed by atoms with Crippen LogP contribution >= 0.6 is 23.5 Å². The number of hydrogen-bond acceptors (Lipinski definition) is 4. The largest absolute Gasteiger partial charge is 0.313 e. The summed E-state index contributed by atoms with van der Waals surface area (Å²) in [5.41, 5.74) is 1.20. The highest BCUT2D eigenvalue weighted by atomic mass is 32.2. The van der Waals surface area contributed by atoms with Crippen LogP contribution in [-0.2, 0) is 13.5 Å². The van der Waals surface area contributed by atoms with Gasteiger partial charge in [-0.15, -0.1) is 0 Å². The van der Waals surface area contributed by atoms with E-state index in [0.717, 1.165) is 23.5 Å². The van der Waals surface area contributed by atoms with E-state index in [4.69, 9.17) is 0 Å². The van der Waals surface area contributed by atoms with Gasteiger partial charge in [0.15, 0.2) is 0 Å². The van der Waals surface area contributed by atoms with Crippen LogP contribution in [-0.4, -0.2) is 43.9 Å². The van der Waals surface area contributed by atoms with E-state index in [1.807, 2.05) is 17.9 Å². The molecule has 0 spiro atoms. The molecule has 108 valence electrons. The summed E-state index contributed by atoms with van der Waals surface area (Å²) in [6, 6.07) is 2.67. The molecule has 1 saturated heterocycles. The maximum atomic E-state index is 4.52. The van der Waals surface area contributed by atoms with Gasteiger partial charge in [-0.05, 0) is 12.6 Å². The Balaban J connectivity index is 1.99. The number of nitrogens with one attached hydrogen (secondary N) is 1. The Morgan fingerprint density at radius 3 is 2.84 bits per heavy atom. The molecule has 0 saturated carbocycles. The highest BCUT2D eigenvalue weighted by Crippen LogP contribution is 2.37. The Morgan fingerprint density at radius 1 is 1.47 bits per heavy atom. The molecule has 19 heavy (non-hydrogen) atoms. The molecule has 1 N–H and O–H groups in total. The topological polar surface area (TPSA) is 29.9 Å². The van der Waals surface area contributed by atoms with Crippen molar-refractivity contribution in [3.63, 3.8) is 0 Å². The number of aryl methyl sites for hydroxylation is 1. The lowest BCUT2D eigenvalue weighted by molar-refractivity contribution is 0.512. The second-order valence-electron chi connectivity index (χ2n) is 5.27. The smallest absolute Gasteiger partial charge is 0.0640 e. The molecule has 1 fully saturated rings. The van der Waals surface area contributed by atoms with Crippen molar-refractivity contribution in [2.24, 2.45) is 7.05 Å². The molecule has 4 unspecified atom stereocenters. The molecule has 2 heterocycles. The number of likely N-dealkylation sites (N-methyl/N-ethyl adjacent to an activating group) is 1. The minimum absolute atomic E-state index is 0.535. The third kappa shape index (κ3) is 4.17. The van der Waals surface area contributed by atoms with E-state index in [1.165, 1.54) is 11.4 Å². The van der Waals surface area contributed by atoms with E-state index in [9.17, 15) is 0 Å². The van der Waals surface area contributed by atoms with Gasteiger partial charge >= 0.3 is 0 Å². The van der Waals surface area contributed by atoms with Crippen LogP contribution in [0.1, 0.15) is 26.5 Å². The molecule has 4 atom stereocenters. The van der Waals surface area contributed by atoms with Crippen molar-refractivity contribution in [3.05, 3.63) is 18.0 Å². The first-order valence-electron chi connectivity index (χ1n) is 7.09. The third-order valence-electron chi connectivity index (χ3n) is 3.69. The molecule has 1 aliphatic heterocycles. The second-order valence-corrected chi connectivity index (χ2v) is 8.30. The van der Waals surface area contributed by atoms with Crippen molar-refractivity contribution in [1.82, 2.24) is 15.1 Å². The van der Waals surface area contributed by atoms with E-state index in [2.05, 4.69) is 60.8 Å². The molecule has 0 aromatic carbocycles. The van der Waals surface area contributed by atoms with Crippen LogP contribution in [0.2, 0.25) is 0 Å². The molecule has 0 aliphatic carbocycles. The summed E-state index contributed by atoms with van der Waals surface area (Å²) in [5.74, 6) is 1.25. The highest BCUT2D eigenvalue weighted by Gasteiger charge is 2.31. The van der Waals surface area contributed by atoms with E-state index in [1.54, 1.807) is 0 Å². The number of thioether (sulfide) groups is 2. The molecule has 1 aliphatic rings. The van der Waals surface area contributed by atoms with E-state index in [-0.39, 0.29) is 0 Å². The first-order chi connectivity index (χ1) is 9.10. The number of nitrogens with zero attached hydrogens (tertiary/aromatic N) is 2. The Bertz CT molecular complexity index is 394. The molecule has 0 amide bonds. The number of hydrogen-bond donors (Lipinski definition) is 1. The zero-order chi connectivity index (χ0) is 13.8. The number of rotatable bonds is 5. The predicted octanol–water partition coefficient (Wildman–Crippen LogP) is 2.57. The van der Waals surface area contributed by atoms with Crippen LogP contribution in [0, 0.1) is 0 Å². The fourth-order valence-electron chi connectivity index (χ4n) is 2.41. The zero-order valence-corrected chi connectivity index (χ0v) is 13.9. The van der Waals surface area contributed by atoms with Gasteiger partial charge in [-0.1, -0.05) is 20.8 Å². The quantitative estimate of drug-likeness (QED) is 0.905. The standard InChI is InChI=1S/C14H25N3S2/c1-5-15-13(8-12-6-7-17(4)16-12)14-9-18-10(2)11(3)19-14/h6-7,10-11,13-15H,5,8-9H2,1-4H3. The van der Waals surface area contributed by atoms with Crippen molar-refractivity contribution in [2.45, 2.75) is 49.0 Å². The van der Waals surface area contributed by atoms with Crippen LogP contribution in [0.5, 0.6) is 0 Å². The van der Waals surface area contributed by atoms with Gasteiger partial charge in [-0.25, -0.2) is 0 Å². The summed E-state index contributed by atoms with van der Waals surface area (Å²) in [7, 11) is 1.99. The Morgan fingerprint density at radius 2 is 2.26 bits per heavy atom. The first-order valence-corrected chi connectivity index (χ1v) is 9.08. The normalized spacial score (nSPS) is 29.4. The van der Waals surface area contributed by atoms with Crippen molar-refractivity contribution in [2.75, 3.05) is 12.3 Å². The first kappa shape index (κ1) is 15.3. The van der Waals surface area contributed by atoms with Crippen LogP contribution < -0.4 is 5.32 Å². The van der Waals surface area contributed by atoms with Crippen molar-refractivity contribution >= 4 is 23.5 Å². The van der Waals surface area contributed by atoms with Crippen LogP contribution in [0.15, 0.2) is 12.3 Å². The maximum Gasteiger partial charge on any atom is 0.0640 e. The minimum Gasteiger partial charge on any atom is -0.313 e. The van der Waals surface area contributed by atoms with Crippen molar-refractivity contribution < 1.29 is 0 Å². The van der Waals surface area contributed by atoms with Gasteiger partial charge in [0.1, 0.15) is 0 Å². The Kier molecular flexibility index (Phi) is 5.66. The molecule has 0 bridgehead atoms. The highest BCUT2D eigenvalue weighted by molar-refractivity contribution is 8.07. The third-order valence-corrected chi connectivity index (χ3v) is 7.24. The lowest BCUT2D eigenvalue weighted by atomic mass is 10.1. The lowest BCUT2D eigenvalue weighted by Crippen LogP contribution is -2.44. The Hall–Kier alpha value is -0.130. The van der Waals surface area contributed by atoms with Gasteiger partial charge in [0.25, 0.3) is 0 Å². The van der Waals surface area contributed by atoms with E-state index < -0.39 is 0 Å².